The number of rotatable bonds is 4. The molecular weight excluding hydrogens is 458 g/mol. The molecule has 174 valence electrons. The van der Waals surface area contributed by atoms with Crippen molar-refractivity contribution in [3.05, 3.63) is 76.3 Å². The van der Waals surface area contributed by atoms with E-state index in [4.69, 9.17) is 21.3 Å². The molecule has 0 saturated carbocycles. The normalized spacial score (nSPS) is 15.1. The van der Waals surface area contributed by atoms with Crippen LogP contribution in [0.4, 0.5) is 11.4 Å². The Bertz CT molecular complexity index is 1360. The number of hydrogen-bond donors (Lipinski definition) is 2. The maximum Gasteiger partial charge on any atom is 0.259 e. The molecule has 1 fully saturated rings. The van der Waals surface area contributed by atoms with Crippen molar-refractivity contribution in [2.75, 3.05) is 31.1 Å². The topological polar surface area (TPSA) is 110 Å². The molecule has 3 heterocycles. The molecule has 10 heteroatoms. The number of anilines is 1. The van der Waals surface area contributed by atoms with E-state index in [1.54, 1.807) is 24.1 Å². The lowest BCUT2D eigenvalue weighted by molar-refractivity contribution is -0.991. The summed E-state index contributed by atoms with van der Waals surface area (Å²) in [5.74, 6) is 0.316. The Morgan fingerprint density at radius 2 is 1.91 bits per heavy atom. The number of nitrogens with zero attached hydrogens (tertiary/aromatic N) is 4. The van der Waals surface area contributed by atoms with Crippen LogP contribution >= 0.6 is 11.6 Å². The number of piperazine rings is 1. The molecule has 0 radical (unpaired) electrons. The Labute approximate surface area is 200 Å². The molecule has 1 unspecified atom stereocenters. The molecule has 1 amide bonds. The smallest absolute Gasteiger partial charge is 0.259 e. The predicted octanol–water partition coefficient (Wildman–Crippen LogP) is 3.22. The molecule has 2 aromatic carbocycles. The van der Waals surface area contributed by atoms with Gasteiger partial charge in [-0.2, -0.15) is 5.23 Å². The fraction of sp³-hybridized carbons (Fsp3) is 0.208. The monoisotopic (exact) mass is 479 g/mol. The van der Waals surface area contributed by atoms with Gasteiger partial charge >= 0.3 is 0 Å². The third-order valence-corrected chi connectivity index (χ3v) is 6.37. The van der Waals surface area contributed by atoms with Gasteiger partial charge in [0, 0.05) is 55.5 Å². The van der Waals surface area contributed by atoms with Gasteiger partial charge in [-0.1, -0.05) is 41.0 Å². The van der Waals surface area contributed by atoms with E-state index in [1.807, 2.05) is 35.2 Å². The Kier molecular flexibility index (Phi) is 5.93. The summed E-state index contributed by atoms with van der Waals surface area (Å²) in [6, 6.07) is 14.3. The molecule has 9 nitrogen and oxygen atoms in total. The van der Waals surface area contributed by atoms with Gasteiger partial charge in [-0.25, -0.2) is 5.21 Å². The minimum absolute atomic E-state index is 0.140. The number of quaternary nitrogens is 1. The summed E-state index contributed by atoms with van der Waals surface area (Å²) in [7, 11) is 0. The number of aryl methyl sites for hydroxylation is 1. The van der Waals surface area contributed by atoms with Gasteiger partial charge in [-0.05, 0) is 19.1 Å². The minimum Gasteiger partial charge on any atom is -0.595 e. The molecule has 5 rings (SSSR count). The number of pyridine rings is 1. The summed E-state index contributed by atoms with van der Waals surface area (Å²) in [6.45, 7) is 3.82. The summed E-state index contributed by atoms with van der Waals surface area (Å²) in [6.07, 6.45) is 1.72. The van der Waals surface area contributed by atoms with E-state index in [2.05, 4.69) is 10.1 Å². The van der Waals surface area contributed by atoms with Crippen molar-refractivity contribution < 1.29 is 19.8 Å². The van der Waals surface area contributed by atoms with Crippen LogP contribution in [0.1, 0.15) is 16.1 Å². The van der Waals surface area contributed by atoms with E-state index in [0.717, 1.165) is 22.2 Å². The van der Waals surface area contributed by atoms with E-state index in [-0.39, 0.29) is 11.6 Å². The number of carbonyl (C=O) groups is 1. The van der Waals surface area contributed by atoms with Crippen LogP contribution in [0.15, 0.2) is 59.3 Å². The maximum atomic E-state index is 13.5. The lowest BCUT2D eigenvalue weighted by atomic mass is 10.0. The van der Waals surface area contributed by atoms with Gasteiger partial charge in [0.05, 0.1) is 16.2 Å². The molecule has 0 bridgehead atoms. The lowest BCUT2D eigenvalue weighted by Crippen LogP contribution is -2.99. The minimum atomic E-state index is -1.02. The van der Waals surface area contributed by atoms with Crippen LogP contribution in [0.3, 0.4) is 0 Å². The van der Waals surface area contributed by atoms with Crippen molar-refractivity contribution in [1.82, 2.24) is 15.0 Å². The molecule has 2 aromatic heterocycles. The molecule has 2 N–H and O–H groups in total. The summed E-state index contributed by atoms with van der Waals surface area (Å²) in [4.78, 5) is 21.8. The number of benzene rings is 2. The molecule has 0 spiro atoms. The highest BCUT2D eigenvalue weighted by Gasteiger charge is 2.30. The molecule has 34 heavy (non-hydrogen) atoms. The first kappa shape index (κ1) is 22.3. The SMILES string of the molecule is Cc1onc(-c2cccc3cccnc23)c1C(=O)N1CCN(c2ccc([NH+]([O-])O)cc2Cl)CC1. The molecule has 1 atom stereocenters. The summed E-state index contributed by atoms with van der Waals surface area (Å²) < 4.78 is 5.45. The summed E-state index contributed by atoms with van der Waals surface area (Å²) in [5.41, 5.74) is 3.33. The third kappa shape index (κ3) is 3.99. The first-order valence-electron chi connectivity index (χ1n) is 10.8. The van der Waals surface area contributed by atoms with Gasteiger partial charge < -0.3 is 19.5 Å². The van der Waals surface area contributed by atoms with E-state index in [1.165, 1.54) is 12.1 Å². The van der Waals surface area contributed by atoms with E-state index >= 15 is 0 Å². The van der Waals surface area contributed by atoms with Crippen molar-refractivity contribution in [3.63, 3.8) is 0 Å². The summed E-state index contributed by atoms with van der Waals surface area (Å²) >= 11 is 6.33. The average molecular weight is 480 g/mol. The molecular formula is C24H22ClN5O4. The summed E-state index contributed by atoms with van der Waals surface area (Å²) in [5, 5.41) is 24.8. The van der Waals surface area contributed by atoms with E-state index in [0.29, 0.717) is 48.2 Å². The number of carbonyl (C=O) groups excluding carboxylic acids is 1. The lowest BCUT2D eigenvalue weighted by Gasteiger charge is -2.36. The van der Waals surface area contributed by atoms with Gasteiger partial charge in [0.25, 0.3) is 5.91 Å². The second-order valence-electron chi connectivity index (χ2n) is 8.09. The first-order chi connectivity index (χ1) is 16.4. The second kappa shape index (κ2) is 9.03. The van der Waals surface area contributed by atoms with Crippen LogP contribution in [0.5, 0.6) is 0 Å². The van der Waals surface area contributed by atoms with Crippen LogP contribution in [-0.4, -0.2) is 52.3 Å². The standard InChI is InChI=1S/C24H22ClN5O4/c1-15-21(23(27-34-15)18-6-2-4-16-5-3-9-26-22(16)18)24(31)29-12-10-28(11-13-29)20-8-7-17(30(32)33)14-19(20)25/h2-9,14,30,32H,10-13H2,1H3. The van der Waals surface area contributed by atoms with E-state index in [9.17, 15) is 10.0 Å². The van der Waals surface area contributed by atoms with Gasteiger partial charge in [-0.3, -0.25) is 9.78 Å². The number of amides is 1. The van der Waals surface area contributed by atoms with Crippen LogP contribution < -0.4 is 10.1 Å². The number of aromatic nitrogens is 2. The van der Waals surface area contributed by atoms with Gasteiger partial charge in [0.15, 0.2) is 5.69 Å². The fourth-order valence-corrected chi connectivity index (χ4v) is 4.61. The molecule has 1 aliphatic rings. The first-order valence-corrected chi connectivity index (χ1v) is 11.2. The van der Waals surface area contributed by atoms with Crippen LogP contribution in [0.25, 0.3) is 22.2 Å². The molecule has 1 aliphatic heterocycles. The number of hydrogen-bond acceptors (Lipinski definition) is 7. The maximum absolute atomic E-state index is 13.5. The van der Waals surface area contributed by atoms with Gasteiger partial charge in [0.2, 0.25) is 0 Å². The Morgan fingerprint density at radius 3 is 2.65 bits per heavy atom. The third-order valence-electron chi connectivity index (χ3n) is 6.07. The zero-order valence-electron chi connectivity index (χ0n) is 18.4. The molecule has 1 saturated heterocycles. The highest BCUT2D eigenvalue weighted by molar-refractivity contribution is 6.33. The van der Waals surface area contributed by atoms with Crippen molar-refractivity contribution in [2.45, 2.75) is 6.92 Å². The zero-order chi connectivity index (χ0) is 23.8. The van der Waals surface area contributed by atoms with Crippen molar-refractivity contribution in [1.29, 1.82) is 0 Å². The predicted molar refractivity (Wildman–Crippen MR) is 127 cm³/mol. The average Bonchev–Trinajstić information content (AvgIpc) is 3.24. The Hall–Kier alpha value is -3.50. The van der Waals surface area contributed by atoms with Crippen LogP contribution in [0.2, 0.25) is 5.02 Å². The van der Waals surface area contributed by atoms with Crippen LogP contribution in [0, 0.1) is 12.1 Å². The van der Waals surface area contributed by atoms with E-state index < -0.39 is 5.23 Å². The highest BCUT2D eigenvalue weighted by Crippen LogP contribution is 2.32. The fourth-order valence-electron chi connectivity index (χ4n) is 4.31. The quantitative estimate of drug-likeness (QED) is 0.432. The number of para-hydroxylation sites is 1. The van der Waals surface area contributed by atoms with Gasteiger partial charge in [0.1, 0.15) is 17.0 Å². The van der Waals surface area contributed by atoms with Crippen molar-refractivity contribution >= 4 is 39.8 Å². The van der Waals surface area contributed by atoms with Crippen molar-refractivity contribution in [2.24, 2.45) is 0 Å². The second-order valence-corrected chi connectivity index (χ2v) is 8.50. The Morgan fingerprint density at radius 1 is 1.15 bits per heavy atom. The zero-order valence-corrected chi connectivity index (χ0v) is 19.1. The number of nitrogens with one attached hydrogen (secondary N) is 1. The number of fused-ring (bicyclic) bond motifs is 1. The van der Waals surface area contributed by atoms with Crippen LogP contribution in [-0.2, 0) is 0 Å². The Balaban J connectivity index is 1.38. The molecule has 0 aliphatic carbocycles. The van der Waals surface area contributed by atoms with Crippen molar-refractivity contribution in [3.8, 4) is 11.3 Å². The van der Waals surface area contributed by atoms with Gasteiger partial charge in [-0.15, -0.1) is 0 Å². The molecule has 4 aromatic rings. The number of halogens is 1. The highest BCUT2D eigenvalue weighted by atomic mass is 35.5. The largest absolute Gasteiger partial charge is 0.595 e.